The first-order valence-electron chi connectivity index (χ1n) is 7.35. The second kappa shape index (κ2) is 7.00. The van der Waals surface area contributed by atoms with Crippen molar-refractivity contribution in [1.29, 1.82) is 0 Å². The maximum atomic E-state index is 13.5. The molecule has 0 spiro atoms. The molecule has 3 rings (SSSR count). The standard InChI is InChI=1S/C17H13ClFN3O3/c18-13-2-1-10(7-14(13)19)17(23)9-21-15-3-4-16(22(24)25)12-8-20-6-5-11(12)15/h1-8,17,21,23H,9H2. The van der Waals surface area contributed by atoms with Gasteiger partial charge in [0.1, 0.15) is 5.82 Å². The quantitative estimate of drug-likeness (QED) is 0.528. The van der Waals surface area contributed by atoms with E-state index in [9.17, 15) is 19.6 Å². The van der Waals surface area contributed by atoms with E-state index in [1.165, 1.54) is 36.7 Å². The smallest absolute Gasteiger partial charge is 0.278 e. The molecule has 0 saturated heterocycles. The van der Waals surface area contributed by atoms with E-state index in [1.54, 1.807) is 12.1 Å². The molecule has 0 radical (unpaired) electrons. The van der Waals surface area contributed by atoms with E-state index in [0.717, 1.165) is 0 Å². The minimum absolute atomic E-state index is 0.0160. The number of hydrogen-bond acceptors (Lipinski definition) is 5. The largest absolute Gasteiger partial charge is 0.387 e. The van der Waals surface area contributed by atoms with Gasteiger partial charge in [0.15, 0.2) is 0 Å². The number of pyridine rings is 1. The molecular weight excluding hydrogens is 349 g/mol. The Bertz CT molecular complexity index is 952. The summed E-state index contributed by atoms with van der Waals surface area (Å²) in [5.74, 6) is -0.606. The fourth-order valence-electron chi connectivity index (χ4n) is 2.53. The van der Waals surface area contributed by atoms with E-state index in [-0.39, 0.29) is 17.3 Å². The third-order valence-electron chi connectivity index (χ3n) is 3.81. The van der Waals surface area contributed by atoms with Crippen molar-refractivity contribution in [2.24, 2.45) is 0 Å². The average molecular weight is 362 g/mol. The molecule has 1 unspecified atom stereocenters. The Morgan fingerprint density at radius 1 is 1.28 bits per heavy atom. The third-order valence-corrected chi connectivity index (χ3v) is 4.11. The van der Waals surface area contributed by atoms with Crippen LogP contribution in [0.25, 0.3) is 10.8 Å². The first-order chi connectivity index (χ1) is 12.0. The van der Waals surface area contributed by atoms with Gasteiger partial charge in [-0.05, 0) is 29.8 Å². The van der Waals surface area contributed by atoms with Crippen LogP contribution in [0.3, 0.4) is 0 Å². The Hall–Kier alpha value is -2.77. The number of benzene rings is 2. The fraction of sp³-hybridized carbons (Fsp3) is 0.118. The zero-order valence-corrected chi connectivity index (χ0v) is 13.6. The van der Waals surface area contributed by atoms with Gasteiger partial charge in [-0.1, -0.05) is 17.7 Å². The second-order valence-electron chi connectivity index (χ2n) is 5.38. The number of aliphatic hydroxyl groups excluding tert-OH is 1. The molecule has 8 heteroatoms. The molecule has 1 aromatic heterocycles. The lowest BCUT2D eigenvalue weighted by atomic mass is 10.1. The van der Waals surface area contributed by atoms with Crippen molar-refractivity contribution < 1.29 is 14.4 Å². The maximum Gasteiger partial charge on any atom is 0.278 e. The summed E-state index contributed by atoms with van der Waals surface area (Å²) in [5.41, 5.74) is 0.938. The molecule has 0 aliphatic heterocycles. The number of anilines is 1. The van der Waals surface area contributed by atoms with Crippen LogP contribution in [0.5, 0.6) is 0 Å². The Morgan fingerprint density at radius 3 is 2.80 bits per heavy atom. The monoisotopic (exact) mass is 361 g/mol. The van der Waals surface area contributed by atoms with Crippen molar-refractivity contribution in [3.05, 3.63) is 75.3 Å². The van der Waals surface area contributed by atoms with E-state index >= 15 is 0 Å². The highest BCUT2D eigenvalue weighted by molar-refractivity contribution is 6.30. The molecule has 1 atom stereocenters. The number of nitrogens with one attached hydrogen (secondary N) is 1. The number of aromatic nitrogens is 1. The highest BCUT2D eigenvalue weighted by Crippen LogP contribution is 2.31. The highest BCUT2D eigenvalue weighted by atomic mass is 35.5. The zero-order valence-electron chi connectivity index (χ0n) is 12.8. The number of hydrogen-bond donors (Lipinski definition) is 2. The Kier molecular flexibility index (Phi) is 4.78. The van der Waals surface area contributed by atoms with Crippen molar-refractivity contribution in [3.8, 4) is 0 Å². The third kappa shape index (κ3) is 3.52. The van der Waals surface area contributed by atoms with E-state index in [2.05, 4.69) is 10.3 Å². The summed E-state index contributed by atoms with van der Waals surface area (Å²) in [6.45, 7) is 0.0936. The number of rotatable bonds is 5. The summed E-state index contributed by atoms with van der Waals surface area (Å²) in [6, 6.07) is 8.68. The van der Waals surface area contributed by atoms with Crippen molar-refractivity contribution >= 4 is 33.7 Å². The van der Waals surface area contributed by atoms with Gasteiger partial charge >= 0.3 is 0 Å². The molecule has 0 saturated carbocycles. The number of aliphatic hydroxyl groups is 1. The van der Waals surface area contributed by atoms with E-state index in [1.807, 2.05) is 0 Å². The topological polar surface area (TPSA) is 88.3 Å². The van der Waals surface area contributed by atoms with Crippen molar-refractivity contribution in [1.82, 2.24) is 4.98 Å². The van der Waals surface area contributed by atoms with Gasteiger partial charge in [0.25, 0.3) is 5.69 Å². The molecule has 2 N–H and O–H groups in total. The molecule has 128 valence electrons. The predicted octanol–water partition coefficient (Wildman–Crippen LogP) is 4.08. The Morgan fingerprint density at radius 2 is 2.08 bits per heavy atom. The molecule has 3 aromatic rings. The van der Waals surface area contributed by atoms with Crippen molar-refractivity contribution in [3.63, 3.8) is 0 Å². The van der Waals surface area contributed by atoms with Gasteiger partial charge in [-0.25, -0.2) is 4.39 Å². The average Bonchev–Trinajstić information content (AvgIpc) is 2.61. The van der Waals surface area contributed by atoms with Gasteiger partial charge in [0, 0.05) is 36.1 Å². The van der Waals surface area contributed by atoms with E-state index in [4.69, 9.17) is 11.6 Å². The second-order valence-corrected chi connectivity index (χ2v) is 5.79. The van der Waals surface area contributed by atoms with Crippen molar-refractivity contribution in [2.75, 3.05) is 11.9 Å². The lowest BCUT2D eigenvalue weighted by Gasteiger charge is -2.15. The molecule has 2 aromatic carbocycles. The fourth-order valence-corrected chi connectivity index (χ4v) is 2.65. The molecule has 0 amide bonds. The van der Waals surface area contributed by atoms with Crippen molar-refractivity contribution in [2.45, 2.75) is 6.10 Å². The van der Waals surface area contributed by atoms with Gasteiger partial charge in [0.2, 0.25) is 0 Å². The normalized spacial score (nSPS) is 12.1. The molecule has 0 bridgehead atoms. The zero-order chi connectivity index (χ0) is 18.0. The van der Waals surface area contributed by atoms with Crippen LogP contribution in [-0.4, -0.2) is 21.6 Å². The van der Waals surface area contributed by atoms with E-state index < -0.39 is 16.8 Å². The van der Waals surface area contributed by atoms with Gasteiger partial charge in [-0.15, -0.1) is 0 Å². The summed E-state index contributed by atoms with van der Waals surface area (Å²) in [5, 5.41) is 25.3. The SMILES string of the molecule is O=[N+]([O-])c1ccc(NCC(O)c2ccc(Cl)c(F)c2)c2ccncc12. The molecular formula is C17H13ClFN3O3. The van der Waals surface area contributed by atoms with Crippen LogP contribution in [0.2, 0.25) is 5.02 Å². The first kappa shape index (κ1) is 17.1. The number of nitro benzene ring substituents is 1. The van der Waals surface area contributed by atoms with Gasteiger partial charge < -0.3 is 10.4 Å². The molecule has 0 fully saturated rings. The van der Waals surface area contributed by atoms with Crippen LogP contribution in [0.15, 0.2) is 48.8 Å². The molecule has 6 nitrogen and oxygen atoms in total. The van der Waals surface area contributed by atoms with Crippen LogP contribution in [0.4, 0.5) is 15.8 Å². The minimum atomic E-state index is -0.973. The summed E-state index contributed by atoms with van der Waals surface area (Å²) in [7, 11) is 0. The summed E-state index contributed by atoms with van der Waals surface area (Å²) in [4.78, 5) is 14.6. The number of nitro groups is 1. The Balaban J connectivity index is 1.85. The van der Waals surface area contributed by atoms with E-state index in [0.29, 0.717) is 22.0 Å². The lowest BCUT2D eigenvalue weighted by Crippen LogP contribution is -2.12. The number of fused-ring (bicyclic) bond motifs is 1. The minimum Gasteiger partial charge on any atom is -0.387 e. The molecule has 1 heterocycles. The number of nitrogens with zero attached hydrogens (tertiary/aromatic N) is 2. The Labute approximate surface area is 147 Å². The van der Waals surface area contributed by atoms with Crippen LogP contribution >= 0.6 is 11.6 Å². The van der Waals surface area contributed by atoms with Gasteiger partial charge in [-0.2, -0.15) is 0 Å². The number of halogens is 2. The maximum absolute atomic E-state index is 13.5. The summed E-state index contributed by atoms with van der Waals surface area (Å²) in [6.07, 6.45) is 1.98. The molecule has 0 aliphatic carbocycles. The van der Waals surface area contributed by atoms with Crippen LogP contribution in [0.1, 0.15) is 11.7 Å². The summed E-state index contributed by atoms with van der Waals surface area (Å²) >= 11 is 5.63. The first-order valence-corrected chi connectivity index (χ1v) is 7.73. The highest BCUT2D eigenvalue weighted by Gasteiger charge is 2.15. The van der Waals surface area contributed by atoms with Crippen LogP contribution in [-0.2, 0) is 0 Å². The van der Waals surface area contributed by atoms with Crippen LogP contribution < -0.4 is 5.32 Å². The predicted molar refractivity (Wildman–Crippen MR) is 93.3 cm³/mol. The lowest BCUT2D eigenvalue weighted by molar-refractivity contribution is -0.383. The summed E-state index contributed by atoms with van der Waals surface area (Å²) < 4.78 is 13.5. The molecule has 25 heavy (non-hydrogen) atoms. The van der Waals surface area contributed by atoms with Gasteiger partial charge in [0.05, 0.1) is 21.4 Å². The van der Waals surface area contributed by atoms with Gasteiger partial charge in [-0.3, -0.25) is 15.1 Å². The molecule has 0 aliphatic rings. The number of non-ortho nitro benzene ring substituents is 1. The van der Waals surface area contributed by atoms with Crippen LogP contribution in [0, 0.1) is 15.9 Å².